The molecule has 0 radical (unpaired) electrons. The van der Waals surface area contributed by atoms with E-state index >= 15 is 0 Å². The van der Waals surface area contributed by atoms with Gasteiger partial charge in [0.25, 0.3) is 0 Å². The van der Waals surface area contributed by atoms with Crippen LogP contribution in [0.15, 0.2) is 24.4 Å². The van der Waals surface area contributed by atoms with Gasteiger partial charge in [0.1, 0.15) is 0 Å². The van der Waals surface area contributed by atoms with Crippen molar-refractivity contribution in [2.45, 2.75) is 39.0 Å². The van der Waals surface area contributed by atoms with E-state index in [1.807, 2.05) is 28.9 Å². The van der Waals surface area contributed by atoms with Gasteiger partial charge >= 0.3 is 0 Å². The molecule has 2 heterocycles. The normalized spacial score (nSPS) is 13.2. The van der Waals surface area contributed by atoms with Gasteiger partial charge in [-0.3, -0.25) is 0 Å². The van der Waals surface area contributed by atoms with Crippen LogP contribution in [-0.4, -0.2) is 14.6 Å². The van der Waals surface area contributed by atoms with Crippen LogP contribution in [0, 0.1) is 0 Å². The van der Waals surface area contributed by atoms with Crippen LogP contribution >= 0.6 is 0 Å². The molecule has 1 atom stereocenters. The van der Waals surface area contributed by atoms with E-state index in [-0.39, 0.29) is 0 Å². The molecule has 0 amide bonds. The fourth-order valence-electron chi connectivity index (χ4n) is 1.89. The van der Waals surface area contributed by atoms with E-state index in [0.717, 1.165) is 17.9 Å². The number of hydrogen-bond acceptors (Lipinski definition) is 2. The van der Waals surface area contributed by atoms with Crippen LogP contribution in [0.25, 0.3) is 5.65 Å². The molecule has 0 saturated heterocycles. The van der Waals surface area contributed by atoms with Crippen molar-refractivity contribution in [2.75, 3.05) is 0 Å². The van der Waals surface area contributed by atoms with Crippen molar-refractivity contribution in [1.29, 1.82) is 0 Å². The zero-order valence-electron chi connectivity index (χ0n) is 9.35. The summed E-state index contributed by atoms with van der Waals surface area (Å²) in [5, 5.41) is 4.51. The average Bonchev–Trinajstić information content (AvgIpc) is 2.69. The minimum absolute atomic E-state index is 0.509. The average molecular weight is 203 g/mol. The molecular formula is C12H17N3. The molecule has 80 valence electrons. The number of rotatable bonds is 4. The van der Waals surface area contributed by atoms with Crippen molar-refractivity contribution in [3.05, 3.63) is 30.2 Å². The molecule has 2 aromatic rings. The largest absolute Gasteiger partial charge is 0.221 e. The predicted molar refractivity (Wildman–Crippen MR) is 60.9 cm³/mol. The lowest BCUT2D eigenvalue weighted by Gasteiger charge is -2.07. The lowest BCUT2D eigenvalue weighted by molar-refractivity contribution is 0.564. The zero-order valence-corrected chi connectivity index (χ0v) is 9.35. The number of fused-ring (bicyclic) bond motifs is 1. The Morgan fingerprint density at radius 1 is 1.33 bits per heavy atom. The van der Waals surface area contributed by atoms with Crippen molar-refractivity contribution in [2.24, 2.45) is 0 Å². The van der Waals surface area contributed by atoms with Crippen molar-refractivity contribution >= 4 is 5.65 Å². The summed E-state index contributed by atoms with van der Waals surface area (Å²) in [6, 6.07) is 5.97. The van der Waals surface area contributed by atoms with E-state index in [1.165, 1.54) is 12.8 Å². The minimum atomic E-state index is 0.509. The lowest BCUT2D eigenvalue weighted by Crippen LogP contribution is -1.99. The molecular weight excluding hydrogens is 186 g/mol. The topological polar surface area (TPSA) is 30.2 Å². The summed E-state index contributed by atoms with van der Waals surface area (Å²) in [7, 11) is 0. The quantitative estimate of drug-likeness (QED) is 0.764. The summed E-state index contributed by atoms with van der Waals surface area (Å²) >= 11 is 0. The first-order valence-corrected chi connectivity index (χ1v) is 5.66. The number of nitrogens with zero attached hydrogens (tertiary/aromatic N) is 3. The van der Waals surface area contributed by atoms with Crippen LogP contribution in [0.1, 0.15) is 44.9 Å². The second-order valence-electron chi connectivity index (χ2n) is 3.87. The number of aromatic nitrogens is 3. The molecule has 0 saturated carbocycles. The highest BCUT2D eigenvalue weighted by Gasteiger charge is 2.13. The Labute approximate surface area is 90.1 Å². The first-order valence-electron chi connectivity index (χ1n) is 5.66. The van der Waals surface area contributed by atoms with Crippen molar-refractivity contribution < 1.29 is 0 Å². The second-order valence-corrected chi connectivity index (χ2v) is 3.87. The van der Waals surface area contributed by atoms with Gasteiger partial charge in [-0.05, 0) is 25.0 Å². The Bertz CT molecular complexity index is 400. The summed E-state index contributed by atoms with van der Waals surface area (Å²) in [6.45, 7) is 4.41. The third-order valence-electron chi connectivity index (χ3n) is 2.75. The summed E-state index contributed by atoms with van der Waals surface area (Å²) in [5.41, 5.74) is 0.946. The van der Waals surface area contributed by atoms with Crippen LogP contribution < -0.4 is 0 Å². The maximum Gasteiger partial charge on any atom is 0.155 e. The minimum Gasteiger partial charge on any atom is -0.221 e. The molecule has 0 fully saturated rings. The van der Waals surface area contributed by atoms with E-state index < -0.39 is 0 Å². The van der Waals surface area contributed by atoms with Crippen molar-refractivity contribution in [1.82, 2.24) is 14.6 Å². The van der Waals surface area contributed by atoms with Gasteiger partial charge in [0.2, 0.25) is 0 Å². The highest BCUT2D eigenvalue weighted by molar-refractivity contribution is 5.36. The van der Waals surface area contributed by atoms with Crippen LogP contribution in [0.5, 0.6) is 0 Å². The van der Waals surface area contributed by atoms with Crippen LogP contribution in [0.4, 0.5) is 0 Å². The van der Waals surface area contributed by atoms with E-state index in [1.54, 1.807) is 0 Å². The van der Waals surface area contributed by atoms with Crippen LogP contribution in [-0.2, 0) is 0 Å². The summed E-state index contributed by atoms with van der Waals surface area (Å²) < 4.78 is 1.85. The fraction of sp³-hybridized carbons (Fsp3) is 0.500. The number of hydrogen-bond donors (Lipinski definition) is 0. The van der Waals surface area contributed by atoms with E-state index in [4.69, 9.17) is 0 Å². The summed E-state index contributed by atoms with van der Waals surface area (Å²) in [5.74, 6) is 1.50. The Kier molecular flexibility index (Phi) is 2.99. The first-order chi connectivity index (χ1) is 7.35. The highest BCUT2D eigenvalue weighted by atomic mass is 15.3. The third kappa shape index (κ3) is 2.01. The number of pyridine rings is 1. The van der Waals surface area contributed by atoms with Crippen LogP contribution in [0.2, 0.25) is 0 Å². The molecule has 0 aliphatic carbocycles. The van der Waals surface area contributed by atoms with Crippen LogP contribution in [0.3, 0.4) is 0 Å². The molecule has 0 aromatic carbocycles. The van der Waals surface area contributed by atoms with Crippen molar-refractivity contribution in [3.63, 3.8) is 0 Å². The smallest absolute Gasteiger partial charge is 0.155 e. The zero-order chi connectivity index (χ0) is 10.7. The Morgan fingerprint density at radius 2 is 2.20 bits per heavy atom. The molecule has 1 unspecified atom stereocenters. The standard InChI is InChI=1S/C12H17N3/c1-3-7-10(4-2)12-13-11-8-5-6-9-15(11)14-12/h5-6,8-10H,3-4,7H2,1-2H3. The van der Waals surface area contributed by atoms with Gasteiger partial charge in [-0.1, -0.05) is 26.3 Å². The molecule has 0 N–H and O–H groups in total. The fourth-order valence-corrected chi connectivity index (χ4v) is 1.89. The van der Waals surface area contributed by atoms with Gasteiger partial charge in [-0.15, -0.1) is 0 Å². The summed E-state index contributed by atoms with van der Waals surface area (Å²) in [4.78, 5) is 4.55. The molecule has 0 bridgehead atoms. The van der Waals surface area contributed by atoms with E-state index in [9.17, 15) is 0 Å². The van der Waals surface area contributed by atoms with Gasteiger partial charge in [-0.25, -0.2) is 9.50 Å². The Morgan fingerprint density at radius 3 is 2.87 bits per heavy atom. The van der Waals surface area contributed by atoms with Crippen molar-refractivity contribution in [3.8, 4) is 0 Å². The van der Waals surface area contributed by atoms with E-state index in [2.05, 4.69) is 23.9 Å². The maximum atomic E-state index is 4.55. The predicted octanol–water partition coefficient (Wildman–Crippen LogP) is 3.02. The maximum absolute atomic E-state index is 4.55. The molecule has 0 aliphatic rings. The van der Waals surface area contributed by atoms with Gasteiger partial charge in [0.15, 0.2) is 11.5 Å². The molecule has 3 heteroatoms. The SMILES string of the molecule is CCCC(CC)c1nc2ccccn2n1. The second kappa shape index (κ2) is 4.43. The third-order valence-corrected chi connectivity index (χ3v) is 2.75. The Hall–Kier alpha value is -1.38. The summed E-state index contributed by atoms with van der Waals surface area (Å²) in [6.07, 6.45) is 5.43. The van der Waals surface area contributed by atoms with Gasteiger partial charge in [0, 0.05) is 12.1 Å². The first kappa shape index (κ1) is 10.1. The monoisotopic (exact) mass is 203 g/mol. The highest BCUT2D eigenvalue weighted by Crippen LogP contribution is 2.21. The van der Waals surface area contributed by atoms with Gasteiger partial charge in [0.05, 0.1) is 0 Å². The lowest BCUT2D eigenvalue weighted by atomic mass is 10.0. The molecule has 0 aliphatic heterocycles. The van der Waals surface area contributed by atoms with Gasteiger partial charge in [-0.2, -0.15) is 5.10 Å². The molecule has 2 aromatic heterocycles. The van der Waals surface area contributed by atoms with Gasteiger partial charge < -0.3 is 0 Å². The van der Waals surface area contributed by atoms with E-state index in [0.29, 0.717) is 5.92 Å². The molecule has 15 heavy (non-hydrogen) atoms. The molecule has 2 rings (SSSR count). The molecule has 3 nitrogen and oxygen atoms in total. The Balaban J connectivity index is 2.34. The molecule has 0 spiro atoms.